The smallest absolute Gasteiger partial charge is 0.136 e. The molecule has 0 aliphatic heterocycles. The zero-order chi connectivity index (χ0) is 14.4. The molecular weight excluding hydrogens is 248 g/mol. The summed E-state index contributed by atoms with van der Waals surface area (Å²) < 4.78 is 6.14. The van der Waals surface area contributed by atoms with E-state index in [4.69, 9.17) is 4.74 Å². The van der Waals surface area contributed by atoms with Gasteiger partial charge < -0.3 is 15.0 Å². The average molecular weight is 270 g/mol. The molecule has 2 aromatic rings. The minimum Gasteiger partial charge on any atom is -0.484 e. The summed E-state index contributed by atoms with van der Waals surface area (Å²) in [5.74, 6) is 0.889. The lowest BCUT2D eigenvalue weighted by Gasteiger charge is -2.21. The van der Waals surface area contributed by atoms with E-state index in [1.807, 2.05) is 51.5 Å². The molecule has 1 atom stereocenters. The third-order valence-electron chi connectivity index (χ3n) is 3.17. The van der Waals surface area contributed by atoms with Crippen LogP contribution in [-0.2, 0) is 0 Å². The fraction of sp³-hybridized carbons (Fsp3) is 0.294. The Morgan fingerprint density at radius 1 is 1.05 bits per heavy atom. The van der Waals surface area contributed by atoms with Crippen LogP contribution in [0.5, 0.6) is 5.75 Å². The molecule has 0 fully saturated rings. The monoisotopic (exact) mass is 270 g/mol. The van der Waals surface area contributed by atoms with Crippen molar-refractivity contribution >= 4 is 5.69 Å². The molecule has 0 amide bonds. The number of benzene rings is 2. The van der Waals surface area contributed by atoms with Crippen LogP contribution in [0.15, 0.2) is 54.6 Å². The maximum absolute atomic E-state index is 6.14. The van der Waals surface area contributed by atoms with Crippen molar-refractivity contribution in [2.24, 2.45) is 0 Å². The van der Waals surface area contributed by atoms with Crippen molar-refractivity contribution in [3.8, 4) is 5.75 Å². The van der Waals surface area contributed by atoms with Crippen molar-refractivity contribution in [1.29, 1.82) is 0 Å². The number of hydrogen-bond acceptors (Lipinski definition) is 3. The predicted molar refractivity (Wildman–Crippen MR) is 84.5 cm³/mol. The zero-order valence-corrected chi connectivity index (χ0v) is 12.3. The predicted octanol–water partition coefficient (Wildman–Crippen LogP) is 3.09. The SMILES string of the molecule is CNCC(Oc1cccc(N(C)C)c1)c1ccccc1. The quantitative estimate of drug-likeness (QED) is 0.873. The molecule has 1 N–H and O–H groups in total. The van der Waals surface area contributed by atoms with E-state index < -0.39 is 0 Å². The van der Waals surface area contributed by atoms with Crippen LogP contribution in [0, 0.1) is 0 Å². The van der Waals surface area contributed by atoms with Crippen LogP contribution >= 0.6 is 0 Å². The molecule has 0 bridgehead atoms. The molecule has 0 aliphatic rings. The maximum Gasteiger partial charge on any atom is 0.136 e. The van der Waals surface area contributed by atoms with E-state index in [1.54, 1.807) is 0 Å². The van der Waals surface area contributed by atoms with Gasteiger partial charge in [0.2, 0.25) is 0 Å². The fourth-order valence-corrected chi connectivity index (χ4v) is 2.08. The second-order valence-corrected chi connectivity index (χ2v) is 4.97. The normalized spacial score (nSPS) is 11.9. The highest BCUT2D eigenvalue weighted by Gasteiger charge is 2.12. The fourth-order valence-electron chi connectivity index (χ4n) is 2.08. The van der Waals surface area contributed by atoms with E-state index in [2.05, 4.69) is 34.5 Å². The lowest BCUT2D eigenvalue weighted by atomic mass is 10.1. The summed E-state index contributed by atoms with van der Waals surface area (Å²) in [6, 6.07) is 18.4. The van der Waals surface area contributed by atoms with Gasteiger partial charge in [0, 0.05) is 32.4 Å². The Kier molecular flexibility index (Phi) is 5.02. The summed E-state index contributed by atoms with van der Waals surface area (Å²) in [5.41, 5.74) is 2.32. The molecule has 0 aromatic heterocycles. The Hall–Kier alpha value is -2.00. The summed E-state index contributed by atoms with van der Waals surface area (Å²) in [4.78, 5) is 2.07. The first-order valence-electron chi connectivity index (χ1n) is 6.84. The summed E-state index contributed by atoms with van der Waals surface area (Å²) in [5, 5.41) is 3.19. The van der Waals surface area contributed by atoms with E-state index in [1.165, 1.54) is 5.56 Å². The molecule has 20 heavy (non-hydrogen) atoms. The molecular formula is C17H22N2O. The highest BCUT2D eigenvalue weighted by atomic mass is 16.5. The summed E-state index contributed by atoms with van der Waals surface area (Å²) in [7, 11) is 6.00. The van der Waals surface area contributed by atoms with Crippen LogP contribution in [0.3, 0.4) is 0 Å². The second-order valence-electron chi connectivity index (χ2n) is 4.97. The van der Waals surface area contributed by atoms with Crippen LogP contribution in [-0.4, -0.2) is 27.7 Å². The van der Waals surface area contributed by atoms with Gasteiger partial charge in [-0.15, -0.1) is 0 Å². The van der Waals surface area contributed by atoms with Crippen LogP contribution in [0.25, 0.3) is 0 Å². The summed E-state index contributed by atoms with van der Waals surface area (Å²) in [6.07, 6.45) is 0.0126. The lowest BCUT2D eigenvalue weighted by molar-refractivity contribution is 0.205. The summed E-state index contributed by atoms with van der Waals surface area (Å²) >= 11 is 0. The zero-order valence-electron chi connectivity index (χ0n) is 12.3. The number of hydrogen-bond donors (Lipinski definition) is 1. The third kappa shape index (κ3) is 3.75. The molecule has 2 rings (SSSR count). The number of nitrogens with zero attached hydrogens (tertiary/aromatic N) is 1. The highest BCUT2D eigenvalue weighted by molar-refractivity contribution is 5.49. The first-order valence-corrected chi connectivity index (χ1v) is 6.84. The Balaban J connectivity index is 2.18. The van der Waals surface area contributed by atoms with E-state index in [0.29, 0.717) is 0 Å². The van der Waals surface area contributed by atoms with Gasteiger partial charge in [0.1, 0.15) is 11.9 Å². The van der Waals surface area contributed by atoms with Gasteiger partial charge in [-0.05, 0) is 24.7 Å². The Morgan fingerprint density at radius 3 is 2.45 bits per heavy atom. The van der Waals surface area contributed by atoms with E-state index >= 15 is 0 Å². The Morgan fingerprint density at radius 2 is 1.80 bits per heavy atom. The van der Waals surface area contributed by atoms with Gasteiger partial charge in [-0.2, -0.15) is 0 Å². The van der Waals surface area contributed by atoms with Crippen molar-refractivity contribution in [2.45, 2.75) is 6.10 Å². The Labute approximate surface area is 121 Å². The van der Waals surface area contributed by atoms with Gasteiger partial charge in [-0.25, -0.2) is 0 Å². The molecule has 0 saturated heterocycles. The van der Waals surface area contributed by atoms with E-state index in [9.17, 15) is 0 Å². The largest absolute Gasteiger partial charge is 0.484 e. The Bertz CT molecular complexity index is 526. The molecule has 0 radical (unpaired) electrons. The molecule has 0 saturated carbocycles. The lowest BCUT2D eigenvalue weighted by Crippen LogP contribution is -2.22. The van der Waals surface area contributed by atoms with E-state index in [-0.39, 0.29) is 6.10 Å². The molecule has 0 aliphatic carbocycles. The van der Waals surface area contributed by atoms with Gasteiger partial charge in [-0.3, -0.25) is 0 Å². The molecule has 0 spiro atoms. The number of rotatable bonds is 6. The van der Waals surface area contributed by atoms with Gasteiger partial charge in [0.15, 0.2) is 0 Å². The third-order valence-corrected chi connectivity index (χ3v) is 3.17. The van der Waals surface area contributed by atoms with Gasteiger partial charge >= 0.3 is 0 Å². The first-order chi connectivity index (χ1) is 9.70. The van der Waals surface area contributed by atoms with Crippen molar-refractivity contribution in [3.63, 3.8) is 0 Å². The van der Waals surface area contributed by atoms with Crippen LogP contribution in [0.4, 0.5) is 5.69 Å². The molecule has 2 aromatic carbocycles. The highest BCUT2D eigenvalue weighted by Crippen LogP contribution is 2.25. The maximum atomic E-state index is 6.14. The molecule has 3 nitrogen and oxygen atoms in total. The second kappa shape index (κ2) is 6.96. The minimum absolute atomic E-state index is 0.0126. The van der Waals surface area contributed by atoms with E-state index in [0.717, 1.165) is 18.0 Å². The molecule has 1 unspecified atom stereocenters. The number of likely N-dealkylation sites (N-methyl/N-ethyl adjacent to an activating group) is 1. The van der Waals surface area contributed by atoms with Crippen molar-refractivity contribution in [1.82, 2.24) is 5.32 Å². The molecule has 106 valence electrons. The average Bonchev–Trinajstić information content (AvgIpc) is 2.48. The van der Waals surface area contributed by atoms with Gasteiger partial charge in [-0.1, -0.05) is 36.4 Å². The van der Waals surface area contributed by atoms with Crippen LogP contribution in [0.1, 0.15) is 11.7 Å². The molecule has 0 heterocycles. The summed E-state index contributed by atoms with van der Waals surface area (Å²) in [6.45, 7) is 0.774. The topological polar surface area (TPSA) is 24.5 Å². The minimum atomic E-state index is 0.0126. The standard InChI is InChI=1S/C17H22N2O/c1-18-13-17(14-8-5-4-6-9-14)20-16-11-7-10-15(12-16)19(2)3/h4-12,17-18H,13H2,1-3H3. The number of anilines is 1. The van der Waals surface area contributed by atoms with Crippen molar-refractivity contribution in [2.75, 3.05) is 32.6 Å². The first kappa shape index (κ1) is 14.4. The van der Waals surface area contributed by atoms with Gasteiger partial charge in [0.25, 0.3) is 0 Å². The van der Waals surface area contributed by atoms with Crippen LogP contribution < -0.4 is 15.0 Å². The number of ether oxygens (including phenoxy) is 1. The van der Waals surface area contributed by atoms with Crippen molar-refractivity contribution in [3.05, 3.63) is 60.2 Å². The van der Waals surface area contributed by atoms with Gasteiger partial charge in [0.05, 0.1) is 0 Å². The van der Waals surface area contributed by atoms with Crippen molar-refractivity contribution < 1.29 is 4.74 Å². The van der Waals surface area contributed by atoms with Crippen LogP contribution in [0.2, 0.25) is 0 Å². The number of nitrogens with one attached hydrogen (secondary N) is 1. The molecule has 3 heteroatoms.